The van der Waals surface area contributed by atoms with E-state index in [9.17, 15) is 19.7 Å². The minimum absolute atomic E-state index is 0.103. The van der Waals surface area contributed by atoms with E-state index in [2.05, 4.69) is 16.0 Å². The molecule has 0 aromatic heterocycles. The van der Waals surface area contributed by atoms with Crippen molar-refractivity contribution in [3.05, 3.63) is 69.8 Å². The molecule has 174 valence electrons. The van der Waals surface area contributed by atoms with Crippen LogP contribution in [-0.2, 0) is 17.9 Å². The number of benzene rings is 2. The summed E-state index contributed by atoms with van der Waals surface area (Å²) in [7, 11) is 0. The third kappa shape index (κ3) is 5.85. The SMILES string of the molecule is CC(C)CC1(C)NC(=N)N(Cc2ccc(CNC(=O)Nc3cccc([N+](=O)[O-])c3)cc2)C1=O. The van der Waals surface area contributed by atoms with Crippen molar-refractivity contribution in [2.24, 2.45) is 5.92 Å². The first kappa shape index (κ1) is 23.7. The van der Waals surface area contributed by atoms with Gasteiger partial charge in [0.25, 0.3) is 11.6 Å². The Bertz CT molecular complexity index is 1070. The Morgan fingerprint density at radius 3 is 2.52 bits per heavy atom. The molecule has 33 heavy (non-hydrogen) atoms. The molecule has 1 aliphatic rings. The number of guanidine groups is 1. The van der Waals surface area contributed by atoms with Gasteiger partial charge in [-0.2, -0.15) is 0 Å². The fraction of sp³-hybridized carbons (Fsp3) is 0.348. The van der Waals surface area contributed by atoms with Gasteiger partial charge in [0.2, 0.25) is 0 Å². The van der Waals surface area contributed by atoms with Gasteiger partial charge in [-0.25, -0.2) is 4.79 Å². The van der Waals surface area contributed by atoms with Crippen molar-refractivity contribution in [1.29, 1.82) is 5.41 Å². The summed E-state index contributed by atoms with van der Waals surface area (Å²) in [6.45, 7) is 6.47. The number of hydrogen-bond acceptors (Lipinski definition) is 5. The first-order chi connectivity index (χ1) is 15.6. The zero-order chi connectivity index (χ0) is 24.2. The number of urea groups is 1. The van der Waals surface area contributed by atoms with Gasteiger partial charge in [-0.05, 0) is 36.5 Å². The third-order valence-corrected chi connectivity index (χ3v) is 5.33. The van der Waals surface area contributed by atoms with Gasteiger partial charge in [-0.3, -0.25) is 25.2 Å². The van der Waals surface area contributed by atoms with Crippen molar-refractivity contribution in [3.8, 4) is 0 Å². The first-order valence-electron chi connectivity index (χ1n) is 10.6. The molecule has 0 spiro atoms. The second kappa shape index (κ2) is 9.68. The lowest BCUT2D eigenvalue weighted by Gasteiger charge is -2.24. The molecule has 1 saturated heterocycles. The summed E-state index contributed by atoms with van der Waals surface area (Å²) in [6, 6.07) is 12.6. The molecule has 1 atom stereocenters. The molecule has 10 nitrogen and oxygen atoms in total. The molecule has 4 N–H and O–H groups in total. The number of nitrogens with zero attached hydrogens (tertiary/aromatic N) is 2. The van der Waals surface area contributed by atoms with Crippen LogP contribution in [0.25, 0.3) is 0 Å². The summed E-state index contributed by atoms with van der Waals surface area (Å²) in [5, 5.41) is 27.3. The molecule has 3 amide bonds. The maximum atomic E-state index is 12.9. The maximum absolute atomic E-state index is 12.9. The van der Waals surface area contributed by atoms with E-state index in [-0.39, 0.29) is 24.1 Å². The van der Waals surface area contributed by atoms with Crippen molar-refractivity contribution in [2.75, 3.05) is 5.32 Å². The summed E-state index contributed by atoms with van der Waals surface area (Å²) >= 11 is 0. The standard InChI is InChI=1S/C23H28N6O4/c1-15(2)12-23(3)20(30)28(21(24)27-23)14-17-9-7-16(8-10-17)13-25-22(31)26-18-5-4-6-19(11-18)29(32)33/h4-11,15H,12-14H2,1-3H3,(H2,24,27)(H2,25,26,31). The van der Waals surface area contributed by atoms with Crippen LogP contribution in [0.5, 0.6) is 0 Å². The molecule has 3 rings (SSSR count). The molecule has 1 heterocycles. The highest BCUT2D eigenvalue weighted by atomic mass is 16.6. The van der Waals surface area contributed by atoms with Gasteiger partial charge in [0.1, 0.15) is 5.54 Å². The molecule has 1 fully saturated rings. The van der Waals surface area contributed by atoms with Gasteiger partial charge in [-0.1, -0.05) is 44.2 Å². The Kier molecular flexibility index (Phi) is 6.95. The Hall–Kier alpha value is -3.95. The van der Waals surface area contributed by atoms with E-state index in [4.69, 9.17) is 5.41 Å². The van der Waals surface area contributed by atoms with Gasteiger partial charge in [-0.15, -0.1) is 0 Å². The van der Waals surface area contributed by atoms with Crippen LogP contribution in [0.15, 0.2) is 48.5 Å². The van der Waals surface area contributed by atoms with Crippen LogP contribution in [0.3, 0.4) is 0 Å². The second-order valence-electron chi connectivity index (χ2n) is 8.73. The van der Waals surface area contributed by atoms with Gasteiger partial charge in [0.05, 0.1) is 11.5 Å². The smallest absolute Gasteiger partial charge is 0.319 e. The number of nitro groups is 1. The van der Waals surface area contributed by atoms with Crippen molar-refractivity contribution in [3.63, 3.8) is 0 Å². The van der Waals surface area contributed by atoms with Gasteiger partial charge in [0.15, 0.2) is 5.96 Å². The molecular formula is C23H28N6O4. The lowest BCUT2D eigenvalue weighted by Crippen LogP contribution is -2.44. The van der Waals surface area contributed by atoms with Gasteiger partial charge >= 0.3 is 6.03 Å². The van der Waals surface area contributed by atoms with Crippen LogP contribution in [0.4, 0.5) is 16.2 Å². The predicted octanol–water partition coefficient (Wildman–Crippen LogP) is 3.59. The maximum Gasteiger partial charge on any atom is 0.319 e. The fourth-order valence-corrected chi connectivity index (χ4v) is 3.89. The number of non-ortho nitro benzene ring substituents is 1. The average Bonchev–Trinajstić information content (AvgIpc) is 2.95. The van der Waals surface area contributed by atoms with Crippen LogP contribution in [0, 0.1) is 21.4 Å². The Morgan fingerprint density at radius 1 is 1.21 bits per heavy atom. The topological polar surface area (TPSA) is 140 Å². The van der Waals surface area contributed by atoms with Gasteiger partial charge in [0, 0.05) is 24.4 Å². The Morgan fingerprint density at radius 2 is 1.88 bits per heavy atom. The first-order valence-corrected chi connectivity index (χ1v) is 10.6. The zero-order valence-corrected chi connectivity index (χ0v) is 18.8. The van der Waals surface area contributed by atoms with Crippen LogP contribution < -0.4 is 16.0 Å². The van der Waals surface area contributed by atoms with E-state index < -0.39 is 16.5 Å². The molecule has 0 bridgehead atoms. The summed E-state index contributed by atoms with van der Waals surface area (Å²) in [5.74, 6) is 0.316. The van der Waals surface area contributed by atoms with Crippen molar-refractivity contribution < 1.29 is 14.5 Å². The second-order valence-corrected chi connectivity index (χ2v) is 8.73. The molecule has 0 aliphatic carbocycles. The molecular weight excluding hydrogens is 424 g/mol. The molecule has 10 heteroatoms. The molecule has 0 saturated carbocycles. The number of nitrogens with one attached hydrogen (secondary N) is 4. The fourth-order valence-electron chi connectivity index (χ4n) is 3.89. The van der Waals surface area contributed by atoms with Gasteiger partial charge < -0.3 is 16.0 Å². The van der Waals surface area contributed by atoms with E-state index in [1.54, 1.807) is 6.07 Å². The highest BCUT2D eigenvalue weighted by Gasteiger charge is 2.45. The summed E-state index contributed by atoms with van der Waals surface area (Å²) in [4.78, 5) is 36.7. The van der Waals surface area contributed by atoms with E-state index in [1.165, 1.54) is 23.1 Å². The molecule has 1 unspecified atom stereocenters. The predicted molar refractivity (Wildman–Crippen MR) is 125 cm³/mol. The van der Waals surface area contributed by atoms with E-state index in [0.717, 1.165) is 11.1 Å². The average molecular weight is 453 g/mol. The monoisotopic (exact) mass is 452 g/mol. The van der Waals surface area contributed by atoms with E-state index in [0.29, 0.717) is 24.6 Å². The van der Waals surface area contributed by atoms with Crippen LogP contribution in [0.2, 0.25) is 0 Å². The minimum Gasteiger partial charge on any atom is -0.342 e. The number of carbonyl (C=O) groups excluding carboxylic acids is 2. The van der Waals surface area contributed by atoms with Crippen molar-refractivity contribution >= 4 is 29.3 Å². The summed E-state index contributed by atoms with van der Waals surface area (Å²) in [6.07, 6.45) is 0.647. The number of anilines is 1. The number of amides is 3. The Balaban J connectivity index is 1.54. The highest BCUT2D eigenvalue weighted by molar-refractivity contribution is 6.07. The number of rotatable bonds is 8. The zero-order valence-electron chi connectivity index (χ0n) is 18.8. The number of nitro benzene ring substituents is 1. The molecule has 2 aromatic rings. The molecule has 1 aliphatic heterocycles. The van der Waals surface area contributed by atoms with E-state index in [1.807, 2.05) is 45.0 Å². The highest BCUT2D eigenvalue weighted by Crippen LogP contribution is 2.26. The van der Waals surface area contributed by atoms with Crippen molar-refractivity contribution in [2.45, 2.75) is 45.8 Å². The summed E-state index contributed by atoms with van der Waals surface area (Å²) < 4.78 is 0. The van der Waals surface area contributed by atoms with Crippen LogP contribution in [-0.4, -0.2) is 33.3 Å². The normalized spacial score (nSPS) is 17.8. The Labute approximate surface area is 192 Å². The van der Waals surface area contributed by atoms with Crippen LogP contribution in [0.1, 0.15) is 38.3 Å². The lowest BCUT2D eigenvalue weighted by atomic mass is 9.91. The number of hydrogen-bond donors (Lipinski definition) is 4. The largest absolute Gasteiger partial charge is 0.342 e. The van der Waals surface area contributed by atoms with E-state index >= 15 is 0 Å². The third-order valence-electron chi connectivity index (χ3n) is 5.33. The lowest BCUT2D eigenvalue weighted by molar-refractivity contribution is -0.384. The quantitative estimate of drug-likeness (QED) is 0.358. The molecule has 2 aromatic carbocycles. The minimum atomic E-state index is -0.762. The van der Waals surface area contributed by atoms with Crippen molar-refractivity contribution in [1.82, 2.24) is 15.5 Å². The summed E-state index contributed by atoms with van der Waals surface area (Å²) in [5.41, 5.74) is 1.18. The molecule has 0 radical (unpaired) electrons. The number of carbonyl (C=O) groups is 2. The van der Waals surface area contributed by atoms with Crippen LogP contribution >= 0.6 is 0 Å².